The van der Waals surface area contributed by atoms with Crippen LogP contribution < -0.4 is 4.74 Å². The van der Waals surface area contributed by atoms with Gasteiger partial charge in [-0.15, -0.1) is 0 Å². The Morgan fingerprint density at radius 1 is 1.29 bits per heavy atom. The van der Waals surface area contributed by atoms with Crippen molar-refractivity contribution in [3.63, 3.8) is 0 Å². The molecule has 1 aromatic carbocycles. The SMILES string of the molecule is N#Cc1ccc(Oc2ccc(Cl)cn2)c(F)c1. The topological polar surface area (TPSA) is 45.9 Å². The van der Waals surface area contributed by atoms with Crippen molar-refractivity contribution in [2.75, 3.05) is 0 Å². The highest BCUT2D eigenvalue weighted by Gasteiger charge is 2.06. The molecular formula is C12H6ClFN2O. The van der Waals surface area contributed by atoms with Crippen LogP contribution >= 0.6 is 11.6 Å². The lowest BCUT2D eigenvalue weighted by Crippen LogP contribution is -1.91. The summed E-state index contributed by atoms with van der Waals surface area (Å²) >= 11 is 5.66. The minimum atomic E-state index is -0.610. The first-order valence-corrected chi connectivity index (χ1v) is 5.06. The molecule has 2 aromatic rings. The number of pyridine rings is 1. The first kappa shape index (κ1) is 11.4. The summed E-state index contributed by atoms with van der Waals surface area (Å²) in [6, 6.07) is 8.90. The number of halogens is 2. The molecule has 0 unspecified atom stereocenters. The molecule has 1 heterocycles. The summed E-state index contributed by atoms with van der Waals surface area (Å²) in [6.07, 6.45) is 1.40. The maximum Gasteiger partial charge on any atom is 0.219 e. The summed E-state index contributed by atoms with van der Waals surface area (Å²) in [5, 5.41) is 9.06. The normalized spacial score (nSPS) is 9.71. The zero-order valence-corrected chi connectivity index (χ0v) is 9.28. The lowest BCUT2D eigenvalue weighted by molar-refractivity contribution is 0.427. The van der Waals surface area contributed by atoms with Gasteiger partial charge >= 0.3 is 0 Å². The van der Waals surface area contributed by atoms with Gasteiger partial charge in [0.05, 0.1) is 16.7 Å². The molecule has 0 atom stereocenters. The first-order valence-electron chi connectivity index (χ1n) is 4.68. The third kappa shape index (κ3) is 2.71. The zero-order valence-electron chi connectivity index (χ0n) is 8.52. The van der Waals surface area contributed by atoms with E-state index in [4.69, 9.17) is 21.6 Å². The van der Waals surface area contributed by atoms with Crippen LogP contribution in [-0.4, -0.2) is 4.98 Å². The van der Waals surface area contributed by atoms with Gasteiger partial charge in [0.25, 0.3) is 0 Å². The maximum atomic E-state index is 13.5. The molecule has 3 nitrogen and oxygen atoms in total. The van der Waals surface area contributed by atoms with Crippen LogP contribution in [0, 0.1) is 17.1 Å². The van der Waals surface area contributed by atoms with Gasteiger partial charge in [0.2, 0.25) is 5.88 Å². The highest BCUT2D eigenvalue weighted by molar-refractivity contribution is 6.30. The van der Waals surface area contributed by atoms with Crippen molar-refractivity contribution < 1.29 is 9.13 Å². The molecule has 0 radical (unpaired) electrons. The summed E-state index contributed by atoms with van der Waals surface area (Å²) < 4.78 is 18.7. The van der Waals surface area contributed by atoms with Crippen LogP contribution in [0.1, 0.15) is 5.56 Å². The second-order valence-corrected chi connectivity index (χ2v) is 3.61. The molecule has 0 spiro atoms. The van der Waals surface area contributed by atoms with Crippen molar-refractivity contribution in [3.8, 4) is 17.7 Å². The van der Waals surface area contributed by atoms with E-state index in [0.717, 1.165) is 6.07 Å². The monoisotopic (exact) mass is 248 g/mol. The smallest absolute Gasteiger partial charge is 0.219 e. The van der Waals surface area contributed by atoms with E-state index in [1.807, 2.05) is 6.07 Å². The van der Waals surface area contributed by atoms with Gasteiger partial charge < -0.3 is 4.74 Å². The van der Waals surface area contributed by atoms with Crippen molar-refractivity contribution in [3.05, 3.63) is 52.9 Å². The highest BCUT2D eigenvalue weighted by atomic mass is 35.5. The van der Waals surface area contributed by atoms with E-state index < -0.39 is 5.82 Å². The number of aromatic nitrogens is 1. The van der Waals surface area contributed by atoms with Crippen LogP contribution in [0.5, 0.6) is 11.6 Å². The fraction of sp³-hybridized carbons (Fsp3) is 0. The summed E-state index contributed by atoms with van der Waals surface area (Å²) in [4.78, 5) is 3.87. The summed E-state index contributed by atoms with van der Waals surface area (Å²) in [7, 11) is 0. The average Bonchev–Trinajstić information content (AvgIpc) is 2.34. The Hall–Kier alpha value is -2.12. The fourth-order valence-corrected chi connectivity index (χ4v) is 1.30. The Balaban J connectivity index is 2.25. The van der Waals surface area contributed by atoms with Crippen molar-refractivity contribution in [2.24, 2.45) is 0 Å². The average molecular weight is 249 g/mol. The molecule has 2 rings (SSSR count). The van der Waals surface area contributed by atoms with E-state index in [1.165, 1.54) is 24.4 Å². The summed E-state index contributed by atoms with van der Waals surface area (Å²) in [5.41, 5.74) is 0.235. The number of hydrogen-bond acceptors (Lipinski definition) is 3. The molecule has 0 saturated carbocycles. The van der Waals surface area contributed by atoms with E-state index in [1.54, 1.807) is 6.07 Å². The number of nitriles is 1. The Labute approximate surface area is 102 Å². The van der Waals surface area contributed by atoms with Gasteiger partial charge in [0.1, 0.15) is 0 Å². The Morgan fingerprint density at radius 2 is 2.12 bits per heavy atom. The molecule has 0 fully saturated rings. The van der Waals surface area contributed by atoms with Gasteiger partial charge in [-0.3, -0.25) is 0 Å². The van der Waals surface area contributed by atoms with Crippen LogP contribution in [0.2, 0.25) is 5.02 Å². The number of benzene rings is 1. The minimum absolute atomic E-state index is 0.0128. The second-order valence-electron chi connectivity index (χ2n) is 3.17. The summed E-state index contributed by atoms with van der Waals surface area (Å²) in [5.74, 6) is -0.363. The van der Waals surface area contributed by atoms with E-state index in [-0.39, 0.29) is 17.2 Å². The third-order valence-corrected chi connectivity index (χ3v) is 2.20. The lowest BCUT2D eigenvalue weighted by Gasteiger charge is -2.05. The van der Waals surface area contributed by atoms with Gasteiger partial charge in [-0.1, -0.05) is 11.6 Å². The predicted octanol–water partition coefficient (Wildman–Crippen LogP) is 3.54. The minimum Gasteiger partial charge on any atom is -0.436 e. The van der Waals surface area contributed by atoms with Crippen LogP contribution in [0.25, 0.3) is 0 Å². The molecule has 0 amide bonds. The Morgan fingerprint density at radius 3 is 2.71 bits per heavy atom. The summed E-state index contributed by atoms with van der Waals surface area (Å²) in [6.45, 7) is 0. The van der Waals surface area contributed by atoms with E-state index in [0.29, 0.717) is 5.02 Å². The fourth-order valence-electron chi connectivity index (χ4n) is 1.19. The standard InChI is InChI=1S/C12H6ClFN2O/c13-9-2-4-12(16-7-9)17-11-3-1-8(6-15)5-10(11)14/h1-5,7H. The van der Waals surface area contributed by atoms with Crippen molar-refractivity contribution in [2.45, 2.75) is 0 Å². The molecule has 17 heavy (non-hydrogen) atoms. The van der Waals surface area contributed by atoms with E-state index in [2.05, 4.69) is 4.98 Å². The largest absolute Gasteiger partial charge is 0.436 e. The van der Waals surface area contributed by atoms with Gasteiger partial charge in [-0.25, -0.2) is 9.37 Å². The molecule has 0 aliphatic rings. The molecule has 1 aromatic heterocycles. The van der Waals surface area contributed by atoms with Crippen molar-refractivity contribution in [1.29, 1.82) is 5.26 Å². The van der Waals surface area contributed by atoms with E-state index in [9.17, 15) is 4.39 Å². The quantitative estimate of drug-likeness (QED) is 0.817. The molecule has 0 N–H and O–H groups in total. The van der Waals surface area contributed by atoms with Crippen LogP contribution in [0.4, 0.5) is 4.39 Å². The number of ether oxygens (including phenoxy) is 1. The highest BCUT2D eigenvalue weighted by Crippen LogP contribution is 2.24. The zero-order chi connectivity index (χ0) is 12.3. The third-order valence-electron chi connectivity index (χ3n) is 1.98. The van der Waals surface area contributed by atoms with Gasteiger partial charge in [-0.05, 0) is 24.3 Å². The molecule has 0 aliphatic heterocycles. The number of hydrogen-bond donors (Lipinski definition) is 0. The first-order chi connectivity index (χ1) is 8.19. The van der Waals surface area contributed by atoms with Gasteiger partial charge in [0.15, 0.2) is 11.6 Å². The van der Waals surface area contributed by atoms with Crippen LogP contribution in [0.15, 0.2) is 36.5 Å². The molecule has 0 bridgehead atoms. The van der Waals surface area contributed by atoms with Crippen molar-refractivity contribution >= 4 is 11.6 Å². The molecule has 0 aliphatic carbocycles. The predicted molar refractivity (Wildman–Crippen MR) is 60.4 cm³/mol. The van der Waals surface area contributed by atoms with Crippen LogP contribution in [0.3, 0.4) is 0 Å². The maximum absolute atomic E-state index is 13.5. The molecule has 84 valence electrons. The van der Waals surface area contributed by atoms with Gasteiger partial charge in [0, 0.05) is 12.3 Å². The Kier molecular flexibility index (Phi) is 3.22. The van der Waals surface area contributed by atoms with E-state index >= 15 is 0 Å². The number of rotatable bonds is 2. The second kappa shape index (κ2) is 4.81. The number of nitrogens with zero attached hydrogens (tertiary/aromatic N) is 2. The van der Waals surface area contributed by atoms with Crippen molar-refractivity contribution in [1.82, 2.24) is 4.98 Å². The lowest BCUT2D eigenvalue weighted by atomic mass is 10.2. The molecular weight excluding hydrogens is 243 g/mol. The van der Waals surface area contributed by atoms with Gasteiger partial charge in [-0.2, -0.15) is 5.26 Å². The molecule has 5 heteroatoms. The molecule has 0 saturated heterocycles. The van der Waals surface area contributed by atoms with Crippen LogP contribution in [-0.2, 0) is 0 Å². The Bertz CT molecular complexity index is 578.